The maximum atomic E-state index is 9.10. The van der Waals surface area contributed by atoms with E-state index in [-0.39, 0.29) is 6.10 Å². The molecule has 1 aliphatic heterocycles. The van der Waals surface area contributed by atoms with Gasteiger partial charge in [-0.2, -0.15) is 0 Å². The summed E-state index contributed by atoms with van der Waals surface area (Å²) in [5.41, 5.74) is 0. The zero-order valence-electron chi connectivity index (χ0n) is 8.16. The average Bonchev–Trinajstić information content (AvgIpc) is 2.03. The smallest absolute Gasteiger partial charge is 0.0524 e. The van der Waals surface area contributed by atoms with Crippen LogP contribution in [-0.4, -0.2) is 60.8 Å². The lowest BCUT2D eigenvalue weighted by molar-refractivity contribution is 0.120. The average molecular weight is 172 g/mol. The zero-order valence-corrected chi connectivity index (χ0v) is 8.16. The molecular formula is C9H20N2O. The highest BCUT2D eigenvalue weighted by atomic mass is 16.3. The number of hydrogen-bond donors (Lipinski definition) is 1. The topological polar surface area (TPSA) is 26.7 Å². The molecule has 0 aromatic rings. The highest BCUT2D eigenvalue weighted by Crippen LogP contribution is 2.01. The number of hydrogen-bond acceptors (Lipinski definition) is 3. The van der Waals surface area contributed by atoms with Crippen LogP contribution < -0.4 is 0 Å². The number of rotatable bonds is 3. The summed E-state index contributed by atoms with van der Waals surface area (Å²) in [6, 6.07) is 0. The molecule has 1 N–H and O–H groups in total. The van der Waals surface area contributed by atoms with Gasteiger partial charge in [0.15, 0.2) is 0 Å². The van der Waals surface area contributed by atoms with Gasteiger partial charge in [-0.05, 0) is 20.4 Å². The highest BCUT2D eigenvalue weighted by molar-refractivity contribution is 4.69. The monoisotopic (exact) mass is 172 g/mol. The van der Waals surface area contributed by atoms with E-state index < -0.39 is 0 Å². The van der Waals surface area contributed by atoms with Gasteiger partial charge in [0, 0.05) is 32.7 Å². The van der Waals surface area contributed by atoms with Gasteiger partial charge in [-0.3, -0.25) is 0 Å². The molecule has 12 heavy (non-hydrogen) atoms. The molecule has 0 bridgehead atoms. The summed E-state index contributed by atoms with van der Waals surface area (Å²) in [6.45, 7) is 7.55. The molecule has 0 aliphatic carbocycles. The Bertz CT molecular complexity index is 120. The summed E-state index contributed by atoms with van der Waals surface area (Å²) in [7, 11) is 2.16. The predicted molar refractivity (Wildman–Crippen MR) is 50.2 cm³/mol. The second-order valence-corrected chi connectivity index (χ2v) is 3.78. The molecule has 3 nitrogen and oxygen atoms in total. The maximum Gasteiger partial charge on any atom is 0.0524 e. The van der Waals surface area contributed by atoms with Crippen LogP contribution in [0.1, 0.15) is 13.3 Å². The first-order chi connectivity index (χ1) is 5.68. The van der Waals surface area contributed by atoms with Crippen LogP contribution >= 0.6 is 0 Å². The Balaban J connectivity index is 2.09. The van der Waals surface area contributed by atoms with E-state index in [1.165, 1.54) is 13.1 Å². The van der Waals surface area contributed by atoms with Crippen molar-refractivity contribution in [3.63, 3.8) is 0 Å². The van der Waals surface area contributed by atoms with Gasteiger partial charge in [0.2, 0.25) is 0 Å². The summed E-state index contributed by atoms with van der Waals surface area (Å²) in [5, 5.41) is 9.10. The largest absolute Gasteiger partial charge is 0.393 e. The molecule has 1 atom stereocenters. The first kappa shape index (κ1) is 9.96. The Morgan fingerprint density at radius 3 is 2.33 bits per heavy atom. The summed E-state index contributed by atoms with van der Waals surface area (Å²) >= 11 is 0. The van der Waals surface area contributed by atoms with Crippen molar-refractivity contribution in [2.24, 2.45) is 0 Å². The molecule has 0 spiro atoms. The molecule has 72 valence electrons. The number of likely N-dealkylation sites (N-methyl/N-ethyl adjacent to an activating group) is 1. The Morgan fingerprint density at radius 2 is 1.83 bits per heavy atom. The molecule has 1 heterocycles. The number of nitrogens with zero attached hydrogens (tertiary/aromatic N) is 2. The van der Waals surface area contributed by atoms with E-state index in [0.29, 0.717) is 0 Å². The van der Waals surface area contributed by atoms with Crippen molar-refractivity contribution in [3.05, 3.63) is 0 Å². The van der Waals surface area contributed by atoms with Crippen LogP contribution in [0.25, 0.3) is 0 Å². The number of aliphatic hydroxyl groups is 1. The first-order valence-electron chi connectivity index (χ1n) is 4.77. The number of aliphatic hydroxyl groups excluding tert-OH is 1. The van der Waals surface area contributed by atoms with E-state index in [9.17, 15) is 0 Å². The molecule has 0 unspecified atom stereocenters. The fraction of sp³-hybridized carbons (Fsp3) is 1.00. The fourth-order valence-corrected chi connectivity index (χ4v) is 1.44. The van der Waals surface area contributed by atoms with Crippen LogP contribution in [0, 0.1) is 0 Å². The molecule has 1 saturated heterocycles. The molecular weight excluding hydrogens is 152 g/mol. The Labute approximate surface area is 75.0 Å². The summed E-state index contributed by atoms with van der Waals surface area (Å²) in [4.78, 5) is 4.77. The van der Waals surface area contributed by atoms with Crippen molar-refractivity contribution in [2.45, 2.75) is 19.4 Å². The van der Waals surface area contributed by atoms with E-state index >= 15 is 0 Å². The lowest BCUT2D eigenvalue weighted by Crippen LogP contribution is -2.45. The van der Waals surface area contributed by atoms with Crippen LogP contribution in [-0.2, 0) is 0 Å². The van der Waals surface area contributed by atoms with Gasteiger partial charge in [0.25, 0.3) is 0 Å². The van der Waals surface area contributed by atoms with Crippen molar-refractivity contribution in [1.29, 1.82) is 0 Å². The Morgan fingerprint density at radius 1 is 1.25 bits per heavy atom. The minimum atomic E-state index is -0.148. The van der Waals surface area contributed by atoms with Gasteiger partial charge in [-0.1, -0.05) is 0 Å². The Hall–Kier alpha value is -0.120. The normalized spacial score (nSPS) is 24.2. The first-order valence-corrected chi connectivity index (χ1v) is 4.77. The molecule has 1 rings (SSSR count). The van der Waals surface area contributed by atoms with Gasteiger partial charge < -0.3 is 14.9 Å². The van der Waals surface area contributed by atoms with Gasteiger partial charge in [0.05, 0.1) is 6.10 Å². The Kier molecular flexibility index (Phi) is 3.98. The van der Waals surface area contributed by atoms with E-state index in [2.05, 4.69) is 16.8 Å². The second-order valence-electron chi connectivity index (χ2n) is 3.78. The van der Waals surface area contributed by atoms with E-state index in [1.807, 2.05) is 6.92 Å². The molecule has 0 amide bonds. The third-order valence-electron chi connectivity index (χ3n) is 2.46. The third kappa shape index (κ3) is 3.52. The van der Waals surface area contributed by atoms with Gasteiger partial charge in [-0.25, -0.2) is 0 Å². The van der Waals surface area contributed by atoms with Crippen molar-refractivity contribution < 1.29 is 5.11 Å². The standard InChI is InChI=1S/C9H20N2O/c1-9(12)3-4-11-7-5-10(2)6-8-11/h9,12H,3-8H2,1-2H3/t9-/m0/s1. The van der Waals surface area contributed by atoms with Crippen LogP contribution in [0.2, 0.25) is 0 Å². The molecule has 3 heteroatoms. The van der Waals surface area contributed by atoms with E-state index in [4.69, 9.17) is 5.11 Å². The van der Waals surface area contributed by atoms with Crippen molar-refractivity contribution in [3.8, 4) is 0 Å². The maximum absolute atomic E-state index is 9.10. The van der Waals surface area contributed by atoms with Crippen LogP contribution in [0.15, 0.2) is 0 Å². The molecule has 0 aromatic heterocycles. The minimum absolute atomic E-state index is 0.148. The highest BCUT2D eigenvalue weighted by Gasteiger charge is 2.13. The number of piperazine rings is 1. The zero-order chi connectivity index (χ0) is 8.97. The van der Waals surface area contributed by atoms with Gasteiger partial charge >= 0.3 is 0 Å². The van der Waals surface area contributed by atoms with Gasteiger partial charge in [0.1, 0.15) is 0 Å². The third-order valence-corrected chi connectivity index (χ3v) is 2.46. The van der Waals surface area contributed by atoms with Crippen LogP contribution in [0.5, 0.6) is 0 Å². The molecule has 1 fully saturated rings. The van der Waals surface area contributed by atoms with Crippen LogP contribution in [0.4, 0.5) is 0 Å². The van der Waals surface area contributed by atoms with Crippen LogP contribution in [0.3, 0.4) is 0 Å². The summed E-state index contributed by atoms with van der Waals surface area (Å²) in [5.74, 6) is 0. The fourth-order valence-electron chi connectivity index (χ4n) is 1.44. The molecule has 1 aliphatic rings. The lowest BCUT2D eigenvalue weighted by atomic mass is 10.2. The lowest BCUT2D eigenvalue weighted by Gasteiger charge is -2.32. The second kappa shape index (κ2) is 4.80. The predicted octanol–water partition coefficient (Wildman–Crippen LogP) is 0.00470. The van der Waals surface area contributed by atoms with Crippen molar-refractivity contribution >= 4 is 0 Å². The molecule has 0 aromatic carbocycles. The van der Waals surface area contributed by atoms with Crippen molar-refractivity contribution in [2.75, 3.05) is 39.8 Å². The van der Waals surface area contributed by atoms with Gasteiger partial charge in [-0.15, -0.1) is 0 Å². The summed E-state index contributed by atoms with van der Waals surface area (Å²) < 4.78 is 0. The SMILES string of the molecule is C[C@H](O)CCN1CCN(C)CC1. The summed E-state index contributed by atoms with van der Waals surface area (Å²) in [6.07, 6.45) is 0.758. The van der Waals surface area contributed by atoms with E-state index in [1.54, 1.807) is 0 Å². The van der Waals surface area contributed by atoms with E-state index in [0.717, 1.165) is 26.1 Å². The van der Waals surface area contributed by atoms with Crippen molar-refractivity contribution in [1.82, 2.24) is 9.80 Å². The molecule has 0 saturated carbocycles. The molecule has 0 radical (unpaired) electrons. The quantitative estimate of drug-likeness (QED) is 0.649. The minimum Gasteiger partial charge on any atom is -0.393 e.